The summed E-state index contributed by atoms with van der Waals surface area (Å²) in [6, 6.07) is 5.53. The third-order valence-corrected chi connectivity index (χ3v) is 3.47. The summed E-state index contributed by atoms with van der Waals surface area (Å²) in [4.78, 5) is 25.2. The summed E-state index contributed by atoms with van der Waals surface area (Å²) in [6.07, 6.45) is 0.314. The SMILES string of the molecule is CC(=O)C1=C(O)C(=O)N(CCCO)C1c1ccccc1O. The summed E-state index contributed by atoms with van der Waals surface area (Å²) in [7, 11) is 0. The lowest BCUT2D eigenvalue weighted by molar-refractivity contribution is -0.129. The standard InChI is InChI=1S/C15H17NO5/c1-9(18)12-13(10-5-2-3-6-11(10)19)16(7-4-8-17)15(21)14(12)20/h2-3,5-6,13,17,19-20H,4,7-8H2,1H3. The molecule has 1 aromatic carbocycles. The van der Waals surface area contributed by atoms with Crippen molar-refractivity contribution in [2.45, 2.75) is 19.4 Å². The molecule has 1 unspecified atom stereocenters. The van der Waals surface area contributed by atoms with E-state index in [1.807, 2.05) is 0 Å². The maximum atomic E-state index is 12.1. The van der Waals surface area contributed by atoms with Gasteiger partial charge in [0.25, 0.3) is 5.91 Å². The molecule has 6 heteroatoms. The Morgan fingerprint density at radius 2 is 1.95 bits per heavy atom. The van der Waals surface area contributed by atoms with Crippen molar-refractivity contribution < 1.29 is 24.9 Å². The summed E-state index contributed by atoms with van der Waals surface area (Å²) in [5.74, 6) is -1.74. The number of phenolic OH excluding ortho intramolecular Hbond substituents is 1. The number of Topliss-reactive ketones (excluding diaryl/α,β-unsaturated/α-hetero) is 1. The van der Waals surface area contributed by atoms with Gasteiger partial charge in [-0.3, -0.25) is 9.59 Å². The minimum absolute atomic E-state index is 0.0283. The van der Waals surface area contributed by atoms with Gasteiger partial charge in [-0.05, 0) is 19.4 Å². The molecule has 3 N–H and O–H groups in total. The number of para-hydroxylation sites is 1. The van der Waals surface area contributed by atoms with Crippen LogP contribution >= 0.6 is 0 Å². The van der Waals surface area contributed by atoms with Crippen LogP contribution in [0, 0.1) is 0 Å². The molecule has 1 atom stereocenters. The first-order valence-corrected chi connectivity index (χ1v) is 6.62. The number of aliphatic hydroxyl groups excluding tert-OH is 2. The fourth-order valence-electron chi connectivity index (χ4n) is 2.53. The summed E-state index contributed by atoms with van der Waals surface area (Å²) >= 11 is 0. The lowest BCUT2D eigenvalue weighted by Gasteiger charge is -2.26. The average Bonchev–Trinajstić information content (AvgIpc) is 2.69. The van der Waals surface area contributed by atoms with Gasteiger partial charge in [0.15, 0.2) is 11.5 Å². The molecule has 1 aliphatic heterocycles. The van der Waals surface area contributed by atoms with Gasteiger partial charge in [0.2, 0.25) is 0 Å². The zero-order valence-electron chi connectivity index (χ0n) is 11.6. The maximum absolute atomic E-state index is 12.1. The van der Waals surface area contributed by atoms with E-state index in [0.717, 1.165) is 0 Å². The van der Waals surface area contributed by atoms with Gasteiger partial charge >= 0.3 is 0 Å². The number of aliphatic hydroxyl groups is 2. The lowest BCUT2D eigenvalue weighted by Crippen LogP contribution is -2.32. The van der Waals surface area contributed by atoms with Crippen LogP contribution in [0.25, 0.3) is 0 Å². The van der Waals surface area contributed by atoms with E-state index < -0.39 is 23.5 Å². The molecule has 0 saturated heterocycles. The quantitative estimate of drug-likeness (QED) is 0.753. The molecule has 21 heavy (non-hydrogen) atoms. The van der Waals surface area contributed by atoms with Gasteiger partial charge in [0.05, 0.1) is 11.6 Å². The first-order valence-electron chi connectivity index (χ1n) is 6.62. The molecule has 2 rings (SSSR count). The molecule has 0 spiro atoms. The first kappa shape index (κ1) is 15.1. The summed E-state index contributed by atoms with van der Waals surface area (Å²) in [6.45, 7) is 1.32. The number of ketones is 1. The number of hydrogen-bond donors (Lipinski definition) is 3. The monoisotopic (exact) mass is 291 g/mol. The number of benzene rings is 1. The second-order valence-electron chi connectivity index (χ2n) is 4.86. The summed E-state index contributed by atoms with van der Waals surface area (Å²) < 4.78 is 0. The van der Waals surface area contributed by atoms with Crippen LogP contribution in [0.4, 0.5) is 0 Å². The minimum atomic E-state index is -0.831. The molecule has 0 saturated carbocycles. The van der Waals surface area contributed by atoms with E-state index in [2.05, 4.69) is 0 Å². The van der Waals surface area contributed by atoms with E-state index in [1.54, 1.807) is 18.2 Å². The van der Waals surface area contributed by atoms with Crippen LogP contribution < -0.4 is 0 Å². The van der Waals surface area contributed by atoms with Crippen molar-refractivity contribution in [2.24, 2.45) is 0 Å². The van der Waals surface area contributed by atoms with Crippen LogP contribution in [0.3, 0.4) is 0 Å². The molecule has 1 amide bonds. The Morgan fingerprint density at radius 3 is 2.52 bits per heavy atom. The van der Waals surface area contributed by atoms with E-state index in [4.69, 9.17) is 5.11 Å². The molecule has 0 fully saturated rings. The van der Waals surface area contributed by atoms with Gasteiger partial charge in [-0.25, -0.2) is 0 Å². The predicted octanol–water partition coefficient (Wildman–Crippen LogP) is 1.06. The number of hydrogen-bond acceptors (Lipinski definition) is 5. The highest BCUT2D eigenvalue weighted by atomic mass is 16.3. The Hall–Kier alpha value is -2.34. The highest BCUT2D eigenvalue weighted by molar-refractivity contribution is 6.08. The van der Waals surface area contributed by atoms with E-state index >= 15 is 0 Å². The first-order chi connectivity index (χ1) is 9.99. The van der Waals surface area contributed by atoms with Crippen molar-refractivity contribution in [3.8, 4) is 5.75 Å². The van der Waals surface area contributed by atoms with Gasteiger partial charge in [-0.1, -0.05) is 18.2 Å². The van der Waals surface area contributed by atoms with Gasteiger partial charge in [-0.2, -0.15) is 0 Å². The zero-order chi connectivity index (χ0) is 15.6. The predicted molar refractivity (Wildman–Crippen MR) is 74.6 cm³/mol. The zero-order valence-corrected chi connectivity index (χ0v) is 11.6. The van der Waals surface area contributed by atoms with E-state index in [0.29, 0.717) is 12.0 Å². The molecular weight excluding hydrogens is 274 g/mol. The number of aromatic hydroxyl groups is 1. The smallest absolute Gasteiger partial charge is 0.290 e. The molecule has 6 nitrogen and oxygen atoms in total. The molecular formula is C15H17NO5. The summed E-state index contributed by atoms with van der Waals surface area (Å²) in [5, 5.41) is 28.9. The van der Waals surface area contributed by atoms with Crippen molar-refractivity contribution in [3.05, 3.63) is 41.2 Å². The number of carbonyl (C=O) groups excluding carboxylic acids is 2. The topological polar surface area (TPSA) is 98.1 Å². The molecule has 0 bridgehead atoms. The van der Waals surface area contributed by atoms with Crippen LogP contribution in [0.5, 0.6) is 5.75 Å². The van der Waals surface area contributed by atoms with Crippen LogP contribution in [-0.2, 0) is 9.59 Å². The van der Waals surface area contributed by atoms with Crippen molar-refractivity contribution in [3.63, 3.8) is 0 Å². The molecule has 0 aromatic heterocycles. The minimum Gasteiger partial charge on any atom is -0.508 e. The molecule has 0 aliphatic carbocycles. The van der Waals surface area contributed by atoms with Gasteiger partial charge in [0, 0.05) is 18.7 Å². The molecule has 112 valence electrons. The Labute approximate surface area is 121 Å². The number of phenols is 1. The van der Waals surface area contributed by atoms with Crippen molar-refractivity contribution in [2.75, 3.05) is 13.2 Å². The van der Waals surface area contributed by atoms with Gasteiger partial charge < -0.3 is 20.2 Å². The number of carbonyl (C=O) groups is 2. The van der Waals surface area contributed by atoms with Gasteiger partial charge in [0.1, 0.15) is 5.75 Å². The Kier molecular flexibility index (Phi) is 4.28. The fraction of sp³-hybridized carbons (Fsp3) is 0.333. The van der Waals surface area contributed by atoms with Gasteiger partial charge in [-0.15, -0.1) is 0 Å². The number of rotatable bonds is 5. The lowest BCUT2D eigenvalue weighted by atomic mass is 9.96. The second kappa shape index (κ2) is 5.97. The largest absolute Gasteiger partial charge is 0.508 e. The van der Waals surface area contributed by atoms with Crippen LogP contribution in [0.1, 0.15) is 24.9 Å². The third kappa shape index (κ3) is 2.62. The van der Waals surface area contributed by atoms with E-state index in [1.165, 1.54) is 17.9 Å². The van der Waals surface area contributed by atoms with E-state index in [9.17, 15) is 19.8 Å². The highest BCUT2D eigenvalue weighted by Gasteiger charge is 2.42. The van der Waals surface area contributed by atoms with Crippen LogP contribution in [-0.4, -0.2) is 45.1 Å². The average molecular weight is 291 g/mol. The normalized spacial score (nSPS) is 18.5. The molecule has 1 aliphatic rings. The fourth-order valence-corrected chi connectivity index (χ4v) is 2.53. The van der Waals surface area contributed by atoms with Crippen molar-refractivity contribution >= 4 is 11.7 Å². The second-order valence-corrected chi connectivity index (χ2v) is 4.86. The maximum Gasteiger partial charge on any atom is 0.290 e. The highest BCUT2D eigenvalue weighted by Crippen LogP contribution is 2.40. The molecule has 0 radical (unpaired) electrons. The van der Waals surface area contributed by atoms with Crippen molar-refractivity contribution in [1.82, 2.24) is 4.90 Å². The molecule has 1 aromatic rings. The van der Waals surface area contributed by atoms with E-state index in [-0.39, 0.29) is 24.5 Å². The number of amides is 1. The van der Waals surface area contributed by atoms with Crippen LogP contribution in [0.15, 0.2) is 35.6 Å². The Balaban J connectivity index is 2.52. The molecule has 1 heterocycles. The Bertz CT molecular complexity index is 608. The van der Waals surface area contributed by atoms with Crippen molar-refractivity contribution in [1.29, 1.82) is 0 Å². The Morgan fingerprint density at radius 1 is 1.29 bits per heavy atom. The third-order valence-electron chi connectivity index (χ3n) is 3.47. The number of nitrogens with zero attached hydrogens (tertiary/aromatic N) is 1. The van der Waals surface area contributed by atoms with Crippen LogP contribution in [0.2, 0.25) is 0 Å². The summed E-state index contributed by atoms with van der Waals surface area (Å²) in [5.41, 5.74) is 0.345.